The van der Waals surface area contributed by atoms with Gasteiger partial charge in [-0.2, -0.15) is 9.97 Å². The van der Waals surface area contributed by atoms with Gasteiger partial charge >= 0.3 is 6.01 Å². The maximum absolute atomic E-state index is 16.8. The number of aromatic nitrogens is 2. The van der Waals surface area contributed by atoms with E-state index in [-0.39, 0.29) is 40.0 Å². The van der Waals surface area contributed by atoms with E-state index >= 15 is 4.39 Å². The van der Waals surface area contributed by atoms with Crippen LogP contribution in [0.15, 0.2) is 42.5 Å². The number of halogens is 2. The second-order valence-corrected chi connectivity index (χ2v) is 12.3. The highest BCUT2D eigenvalue weighted by Gasteiger charge is 2.36. The molecule has 1 aliphatic carbocycles. The lowest BCUT2D eigenvalue weighted by molar-refractivity contribution is -0.462. The zero-order chi connectivity index (χ0) is 28.2. The topological polar surface area (TPSA) is 73.5 Å². The predicted octanol–water partition coefficient (Wildman–Crippen LogP) is 5.78. The molecule has 2 unspecified atom stereocenters. The Morgan fingerprint density at radius 1 is 1.12 bits per heavy atom. The van der Waals surface area contributed by atoms with Crippen LogP contribution in [0.1, 0.15) is 32.1 Å². The molecule has 3 saturated heterocycles. The van der Waals surface area contributed by atoms with Crippen LogP contribution in [-0.2, 0) is 0 Å². The van der Waals surface area contributed by atoms with Gasteiger partial charge in [0, 0.05) is 42.0 Å². The van der Waals surface area contributed by atoms with Gasteiger partial charge in [0.1, 0.15) is 43.5 Å². The van der Waals surface area contributed by atoms with E-state index in [4.69, 9.17) is 21.3 Å². The fraction of sp³-hybridized carbons (Fsp3) is 0.406. The Bertz CT molecular complexity index is 1680. The van der Waals surface area contributed by atoms with Crippen LogP contribution < -0.4 is 15.0 Å². The number of hydrogen-bond acceptors (Lipinski definition) is 6. The summed E-state index contributed by atoms with van der Waals surface area (Å²) in [4.78, 5) is 11.9. The summed E-state index contributed by atoms with van der Waals surface area (Å²) in [6.07, 6.45) is 7.21. The molecule has 8 rings (SSSR count). The van der Waals surface area contributed by atoms with Gasteiger partial charge in [-0.3, -0.25) is 0 Å². The normalized spacial score (nSPS) is 23.9. The zero-order valence-electron chi connectivity index (χ0n) is 23.3. The number of nitrogens with one attached hydrogen (secondary N) is 1. The van der Waals surface area contributed by atoms with Crippen molar-refractivity contribution in [2.24, 2.45) is 5.92 Å². The van der Waals surface area contributed by atoms with Crippen molar-refractivity contribution in [1.29, 1.82) is 0 Å². The molecule has 1 aromatic heterocycles. The number of fused-ring (bicyclic) bond motifs is 6. The van der Waals surface area contributed by atoms with Crippen molar-refractivity contribution >= 4 is 45.3 Å². The number of phenolic OH excluding ortho intramolecular Hbond substituents is 1. The Labute approximate surface area is 243 Å². The lowest BCUT2D eigenvalue weighted by Crippen LogP contribution is -2.54. The van der Waals surface area contributed by atoms with Crippen molar-refractivity contribution < 1.29 is 18.8 Å². The van der Waals surface area contributed by atoms with E-state index < -0.39 is 5.82 Å². The highest BCUT2D eigenvalue weighted by atomic mass is 35.5. The Balaban J connectivity index is 1.38. The number of benzene rings is 3. The summed E-state index contributed by atoms with van der Waals surface area (Å²) >= 11 is 6.88. The van der Waals surface area contributed by atoms with Gasteiger partial charge in [0.2, 0.25) is 0 Å². The highest BCUT2D eigenvalue weighted by molar-refractivity contribution is 6.35. The number of ether oxygens (including phenoxy) is 1. The molecule has 9 heteroatoms. The summed E-state index contributed by atoms with van der Waals surface area (Å²) in [6.45, 7) is 1.65. The smallest absolute Gasteiger partial charge is 0.319 e. The molecule has 7 nitrogen and oxygen atoms in total. The first-order chi connectivity index (χ1) is 19.8. The quantitative estimate of drug-likeness (QED) is 0.233. The first-order valence-corrected chi connectivity index (χ1v) is 14.8. The van der Waals surface area contributed by atoms with E-state index in [1.165, 1.54) is 0 Å². The predicted molar refractivity (Wildman–Crippen MR) is 161 cm³/mol. The van der Waals surface area contributed by atoms with Crippen LogP contribution in [0.3, 0.4) is 0 Å². The molecule has 212 valence electrons. The van der Waals surface area contributed by atoms with Crippen LogP contribution >= 0.6 is 11.6 Å². The monoisotopic (exact) mass is 574 g/mol. The standard InChI is InChI=1S/C32H33ClFN5O2/c1-38(2)16-18-10-23(11-18)41-32-36-30-26(31(37-32)39-17-20-7-5-8-21(39)15-35-20)14-27(33)28(29(30)34)25-13-22(40)12-19-6-3-4-9-24(19)25/h3-4,6,9,12-14,16,18,20-21,23,35H,5,7-8,10-11,15,17H2,1-2H3/p+1. The molecule has 0 radical (unpaired) electrons. The van der Waals surface area contributed by atoms with Crippen molar-refractivity contribution in [1.82, 2.24) is 15.3 Å². The number of hydrogen-bond donors (Lipinski definition) is 2. The minimum atomic E-state index is -0.540. The third-order valence-electron chi connectivity index (χ3n) is 8.73. The van der Waals surface area contributed by atoms with Gasteiger partial charge in [-0.25, -0.2) is 8.97 Å². The average molecular weight is 575 g/mol. The summed E-state index contributed by atoms with van der Waals surface area (Å²) in [7, 11) is 4.05. The summed E-state index contributed by atoms with van der Waals surface area (Å²) < 4.78 is 25.1. The maximum atomic E-state index is 16.8. The first kappa shape index (κ1) is 26.4. The summed E-state index contributed by atoms with van der Waals surface area (Å²) in [6, 6.07) is 13.4. The lowest BCUT2D eigenvalue weighted by Gasteiger charge is -2.39. The SMILES string of the molecule is C[N+](C)=CC1CC(Oc2nc(N3CC4CCCC3CN4)c3cc(Cl)c(-c4cc(O)cc5ccccc45)c(F)c3n2)C1. The van der Waals surface area contributed by atoms with Crippen LogP contribution in [0.2, 0.25) is 5.02 Å². The minimum Gasteiger partial charge on any atom is -0.508 e. The van der Waals surface area contributed by atoms with Crippen molar-refractivity contribution in [3.05, 3.63) is 53.3 Å². The highest BCUT2D eigenvalue weighted by Crippen LogP contribution is 2.43. The molecular weight excluding hydrogens is 541 g/mol. The van der Waals surface area contributed by atoms with Crippen LogP contribution in [-0.4, -0.2) is 71.2 Å². The number of piperazine rings is 1. The Kier molecular flexibility index (Phi) is 6.70. The lowest BCUT2D eigenvalue weighted by atomic mass is 9.83. The van der Waals surface area contributed by atoms with Gasteiger partial charge in [0.15, 0.2) is 5.82 Å². The first-order valence-electron chi connectivity index (χ1n) is 14.4. The molecule has 1 saturated carbocycles. The molecule has 3 aliphatic heterocycles. The Morgan fingerprint density at radius 2 is 1.95 bits per heavy atom. The van der Waals surface area contributed by atoms with Crippen LogP contribution in [0, 0.1) is 11.7 Å². The molecule has 2 atom stereocenters. The summed E-state index contributed by atoms with van der Waals surface area (Å²) in [5.41, 5.74) is 0.914. The second kappa shape index (κ2) is 10.4. The second-order valence-electron chi connectivity index (χ2n) is 11.9. The number of anilines is 1. The molecule has 4 aliphatic rings. The van der Waals surface area contributed by atoms with Gasteiger partial charge in [-0.05, 0) is 66.6 Å². The van der Waals surface area contributed by atoms with Gasteiger partial charge in [0.05, 0.1) is 5.02 Å². The third-order valence-corrected chi connectivity index (χ3v) is 9.03. The van der Waals surface area contributed by atoms with E-state index in [1.54, 1.807) is 18.2 Å². The zero-order valence-corrected chi connectivity index (χ0v) is 24.0. The van der Waals surface area contributed by atoms with Crippen LogP contribution in [0.4, 0.5) is 10.2 Å². The van der Waals surface area contributed by atoms with Gasteiger partial charge in [0.25, 0.3) is 0 Å². The maximum Gasteiger partial charge on any atom is 0.319 e. The van der Waals surface area contributed by atoms with Crippen molar-refractivity contribution in [2.75, 3.05) is 32.1 Å². The third kappa shape index (κ3) is 4.87. The number of phenols is 1. The Hall–Kier alpha value is -3.49. The summed E-state index contributed by atoms with van der Waals surface area (Å²) in [5, 5.41) is 16.6. The molecule has 0 spiro atoms. The number of aromatic hydroxyl groups is 1. The van der Waals surface area contributed by atoms with E-state index in [1.807, 2.05) is 38.4 Å². The number of rotatable bonds is 5. The fourth-order valence-corrected chi connectivity index (χ4v) is 7.04. The summed E-state index contributed by atoms with van der Waals surface area (Å²) in [5.74, 6) is 0.627. The molecule has 4 heterocycles. The molecule has 41 heavy (non-hydrogen) atoms. The number of nitrogens with zero attached hydrogens (tertiary/aromatic N) is 4. The van der Waals surface area contributed by atoms with Gasteiger partial charge in [-0.15, -0.1) is 0 Å². The largest absolute Gasteiger partial charge is 0.508 e. The molecule has 3 aromatic carbocycles. The molecule has 0 amide bonds. The van der Waals surface area contributed by atoms with Crippen LogP contribution in [0.5, 0.6) is 11.8 Å². The van der Waals surface area contributed by atoms with E-state index in [0.717, 1.165) is 56.0 Å². The van der Waals surface area contributed by atoms with Crippen molar-refractivity contribution in [3.63, 3.8) is 0 Å². The molecule has 2 N–H and O–H groups in total. The van der Waals surface area contributed by atoms with E-state index in [9.17, 15) is 5.11 Å². The van der Waals surface area contributed by atoms with Crippen LogP contribution in [0.25, 0.3) is 32.8 Å². The van der Waals surface area contributed by atoms with E-state index in [2.05, 4.69) is 26.0 Å². The minimum absolute atomic E-state index is 0.0198. The molecule has 4 aromatic rings. The Morgan fingerprint density at radius 3 is 2.78 bits per heavy atom. The fourth-order valence-electron chi connectivity index (χ4n) is 6.75. The molecule has 4 fully saturated rings. The van der Waals surface area contributed by atoms with Gasteiger partial charge < -0.3 is 20.1 Å². The van der Waals surface area contributed by atoms with Crippen molar-refractivity contribution in [2.45, 2.75) is 50.3 Å². The average Bonchev–Trinajstić information content (AvgIpc) is 3.28. The van der Waals surface area contributed by atoms with Gasteiger partial charge in [-0.1, -0.05) is 35.9 Å². The van der Waals surface area contributed by atoms with E-state index in [0.29, 0.717) is 28.7 Å². The molecular formula is C32H34ClFN5O2+. The van der Waals surface area contributed by atoms with Crippen molar-refractivity contribution in [3.8, 4) is 22.9 Å². The molecule has 2 bridgehead atoms.